The average molecular weight is 449 g/mol. The highest BCUT2D eigenvalue weighted by atomic mass is 35.5. The van der Waals surface area contributed by atoms with Crippen molar-refractivity contribution in [1.29, 1.82) is 0 Å². The van der Waals surface area contributed by atoms with E-state index < -0.39 is 4.92 Å². The topological polar surface area (TPSA) is 79.7 Å². The summed E-state index contributed by atoms with van der Waals surface area (Å²) >= 11 is 0. The predicted molar refractivity (Wildman–Crippen MR) is 127 cm³/mol. The first-order chi connectivity index (χ1) is 14.5. The quantitative estimate of drug-likeness (QED) is 0.260. The molecule has 2 aromatic carbocycles. The maximum absolute atomic E-state index is 10.9. The number of ether oxygens (including phenoxy) is 1. The van der Waals surface area contributed by atoms with Crippen LogP contribution in [0.4, 0.5) is 0 Å². The van der Waals surface area contributed by atoms with Crippen molar-refractivity contribution >= 4 is 12.4 Å². The molecule has 0 saturated carbocycles. The van der Waals surface area contributed by atoms with Crippen LogP contribution in [-0.4, -0.2) is 43.6 Å². The lowest BCUT2D eigenvalue weighted by Crippen LogP contribution is -2.29. The second-order valence-corrected chi connectivity index (χ2v) is 7.36. The molecule has 2 rings (SSSR count). The van der Waals surface area contributed by atoms with Crippen molar-refractivity contribution in [3.05, 3.63) is 87.9 Å². The molecule has 0 aliphatic carbocycles. The molecule has 0 aromatic heterocycles. The number of nitrogens with one attached hydrogen (secondary N) is 2. The van der Waals surface area contributed by atoms with Gasteiger partial charge < -0.3 is 20.3 Å². The van der Waals surface area contributed by atoms with Crippen LogP contribution in [0.25, 0.3) is 0 Å². The highest BCUT2D eigenvalue weighted by molar-refractivity contribution is 5.85. The third-order valence-electron chi connectivity index (χ3n) is 4.34. The van der Waals surface area contributed by atoms with Crippen molar-refractivity contribution in [3.8, 4) is 5.75 Å². The fraction of sp³-hybridized carbons (Fsp3) is 0.391. The maximum Gasteiger partial charge on any atom is 0.274 e. The number of hydrogen-bond acceptors (Lipinski definition) is 6. The van der Waals surface area contributed by atoms with Gasteiger partial charge in [-0.05, 0) is 56.6 Å². The number of hydrogen-bond donors (Lipinski definition) is 2. The first-order valence-electron chi connectivity index (χ1n) is 10.3. The zero-order chi connectivity index (χ0) is 21.6. The van der Waals surface area contributed by atoms with Crippen LogP contribution in [0.5, 0.6) is 5.75 Å². The van der Waals surface area contributed by atoms with Crippen molar-refractivity contribution in [2.24, 2.45) is 0 Å². The Balaban J connectivity index is 0.00000480. The van der Waals surface area contributed by atoms with Gasteiger partial charge in [-0.2, -0.15) is 0 Å². The second kappa shape index (κ2) is 15.1. The molecule has 0 fully saturated rings. The summed E-state index contributed by atoms with van der Waals surface area (Å²) < 4.78 is 5.81. The molecule has 0 amide bonds. The standard InChI is InChI=1S/C23H32N4O3.ClH/c1-26(2)18-21-11-6-13-22(17-21)30-16-8-15-25-23(19-27(28)29)24-14-7-12-20-9-4-3-5-10-20;/h3-6,9-11,13,17,19,24-25H,7-8,12,14-16,18H2,1-2H3;1H/b23-19+;. The smallest absolute Gasteiger partial charge is 0.274 e. The number of nitrogens with zero attached hydrogens (tertiary/aromatic N) is 2. The Kier molecular flexibility index (Phi) is 12.8. The molecular weight excluding hydrogens is 416 g/mol. The van der Waals surface area contributed by atoms with Crippen LogP contribution in [-0.2, 0) is 13.0 Å². The molecule has 0 unspecified atom stereocenters. The van der Waals surface area contributed by atoms with Gasteiger partial charge in [0, 0.05) is 19.6 Å². The minimum atomic E-state index is -0.445. The number of halogens is 1. The molecule has 0 aliphatic rings. The molecule has 0 spiro atoms. The van der Waals surface area contributed by atoms with Crippen LogP contribution in [0.1, 0.15) is 24.0 Å². The van der Waals surface area contributed by atoms with E-state index >= 15 is 0 Å². The Hall–Kier alpha value is -2.77. The molecule has 0 atom stereocenters. The van der Waals surface area contributed by atoms with Crippen LogP contribution in [0.2, 0.25) is 0 Å². The molecule has 0 heterocycles. The zero-order valence-corrected chi connectivity index (χ0v) is 19.1. The molecule has 2 N–H and O–H groups in total. The third kappa shape index (κ3) is 11.9. The molecule has 0 bridgehead atoms. The van der Waals surface area contributed by atoms with Crippen LogP contribution in [0, 0.1) is 10.1 Å². The molecule has 7 nitrogen and oxygen atoms in total. The van der Waals surface area contributed by atoms with Crippen molar-refractivity contribution in [2.45, 2.75) is 25.8 Å². The van der Waals surface area contributed by atoms with Gasteiger partial charge in [0.25, 0.3) is 6.20 Å². The third-order valence-corrected chi connectivity index (χ3v) is 4.34. The predicted octanol–water partition coefficient (Wildman–Crippen LogP) is 3.83. The van der Waals surface area contributed by atoms with E-state index in [2.05, 4.69) is 33.7 Å². The summed E-state index contributed by atoms with van der Waals surface area (Å²) in [4.78, 5) is 12.5. The van der Waals surface area contributed by atoms with Crippen molar-refractivity contribution in [1.82, 2.24) is 15.5 Å². The van der Waals surface area contributed by atoms with Gasteiger partial charge in [-0.1, -0.05) is 42.5 Å². The Morgan fingerprint density at radius 1 is 1.03 bits per heavy atom. The van der Waals surface area contributed by atoms with E-state index in [0.717, 1.165) is 37.8 Å². The monoisotopic (exact) mass is 448 g/mol. The number of rotatable bonds is 14. The zero-order valence-electron chi connectivity index (χ0n) is 18.3. The lowest BCUT2D eigenvalue weighted by Gasteiger charge is -2.13. The van der Waals surface area contributed by atoms with E-state index in [9.17, 15) is 10.1 Å². The van der Waals surface area contributed by atoms with Crippen molar-refractivity contribution in [3.63, 3.8) is 0 Å². The number of aryl methyl sites for hydroxylation is 1. The van der Waals surface area contributed by atoms with E-state index in [0.29, 0.717) is 25.5 Å². The van der Waals surface area contributed by atoms with Crippen LogP contribution < -0.4 is 15.4 Å². The average Bonchev–Trinajstić information content (AvgIpc) is 2.71. The van der Waals surface area contributed by atoms with Gasteiger partial charge in [-0.25, -0.2) is 0 Å². The lowest BCUT2D eigenvalue weighted by molar-refractivity contribution is -0.404. The summed E-state index contributed by atoms with van der Waals surface area (Å²) in [5.41, 5.74) is 2.46. The molecule has 0 radical (unpaired) electrons. The Bertz CT molecular complexity index is 800. The number of nitro groups is 1. The van der Waals surface area contributed by atoms with E-state index in [1.54, 1.807) is 0 Å². The molecule has 0 aliphatic heterocycles. The van der Waals surface area contributed by atoms with Gasteiger partial charge in [-0.3, -0.25) is 10.1 Å². The normalized spacial score (nSPS) is 11.0. The fourth-order valence-corrected chi connectivity index (χ4v) is 3.00. The maximum atomic E-state index is 10.9. The fourth-order valence-electron chi connectivity index (χ4n) is 3.00. The first-order valence-corrected chi connectivity index (χ1v) is 10.3. The Morgan fingerprint density at radius 2 is 1.71 bits per heavy atom. The van der Waals surface area contributed by atoms with E-state index in [4.69, 9.17) is 4.74 Å². The van der Waals surface area contributed by atoms with Gasteiger partial charge >= 0.3 is 0 Å². The van der Waals surface area contributed by atoms with Crippen LogP contribution in [0.3, 0.4) is 0 Å². The molecule has 31 heavy (non-hydrogen) atoms. The molecule has 8 heteroatoms. The van der Waals surface area contributed by atoms with E-state index in [1.807, 2.05) is 50.5 Å². The summed E-state index contributed by atoms with van der Waals surface area (Å²) in [6.07, 6.45) is 3.54. The van der Waals surface area contributed by atoms with E-state index in [-0.39, 0.29) is 12.4 Å². The summed E-state index contributed by atoms with van der Waals surface area (Å²) in [6, 6.07) is 18.2. The van der Waals surface area contributed by atoms with Gasteiger partial charge in [0.1, 0.15) is 5.75 Å². The summed E-state index contributed by atoms with van der Waals surface area (Å²) in [6.45, 7) is 2.65. The SMILES string of the molecule is CN(C)Cc1cccc(OCCCN/C(=C/[N+](=O)[O-])NCCCc2ccccc2)c1.Cl. The van der Waals surface area contributed by atoms with Crippen molar-refractivity contribution in [2.75, 3.05) is 33.8 Å². The number of benzene rings is 2. The van der Waals surface area contributed by atoms with Crippen molar-refractivity contribution < 1.29 is 9.66 Å². The second-order valence-electron chi connectivity index (χ2n) is 7.36. The van der Waals surface area contributed by atoms with Gasteiger partial charge in [0.05, 0.1) is 11.5 Å². The summed E-state index contributed by atoms with van der Waals surface area (Å²) in [5.74, 6) is 1.27. The van der Waals surface area contributed by atoms with Gasteiger partial charge in [0.15, 0.2) is 5.82 Å². The van der Waals surface area contributed by atoms with Crippen LogP contribution in [0.15, 0.2) is 66.6 Å². The first kappa shape index (κ1) is 26.3. The van der Waals surface area contributed by atoms with Gasteiger partial charge in [-0.15, -0.1) is 12.4 Å². The Labute approximate surface area is 191 Å². The summed E-state index contributed by atoms with van der Waals surface area (Å²) in [7, 11) is 4.07. The molecule has 0 saturated heterocycles. The summed E-state index contributed by atoms with van der Waals surface area (Å²) in [5, 5.41) is 17.1. The largest absolute Gasteiger partial charge is 0.494 e. The molecule has 170 valence electrons. The molecule has 2 aromatic rings. The Morgan fingerprint density at radius 3 is 2.39 bits per heavy atom. The molecular formula is C23H33ClN4O3. The van der Waals surface area contributed by atoms with Crippen LogP contribution >= 0.6 is 12.4 Å². The lowest BCUT2D eigenvalue weighted by atomic mass is 10.1. The highest BCUT2D eigenvalue weighted by Gasteiger charge is 2.03. The minimum absolute atomic E-state index is 0. The minimum Gasteiger partial charge on any atom is -0.494 e. The van der Waals surface area contributed by atoms with E-state index in [1.165, 1.54) is 11.1 Å². The highest BCUT2D eigenvalue weighted by Crippen LogP contribution is 2.14. The van der Waals surface area contributed by atoms with Gasteiger partial charge in [0.2, 0.25) is 0 Å².